The number of carbonyl (C=O) groups is 1. The van der Waals surface area contributed by atoms with Gasteiger partial charge in [-0.05, 0) is 12.5 Å². The molecule has 1 rings (SSSR count). The van der Waals surface area contributed by atoms with E-state index >= 15 is 0 Å². The summed E-state index contributed by atoms with van der Waals surface area (Å²) in [7, 11) is 0. The third kappa shape index (κ3) is 3.60. The van der Waals surface area contributed by atoms with Gasteiger partial charge in [0.25, 0.3) is 0 Å². The van der Waals surface area contributed by atoms with Gasteiger partial charge in [0.15, 0.2) is 0 Å². The molecule has 0 spiro atoms. The van der Waals surface area contributed by atoms with E-state index in [0.29, 0.717) is 6.42 Å². The quantitative estimate of drug-likeness (QED) is 0.631. The van der Waals surface area contributed by atoms with Gasteiger partial charge in [-0.2, -0.15) is 0 Å². The molecule has 0 aliphatic heterocycles. The van der Waals surface area contributed by atoms with Crippen molar-refractivity contribution in [2.24, 2.45) is 0 Å². The Morgan fingerprint density at radius 1 is 1.50 bits per heavy atom. The van der Waals surface area contributed by atoms with Crippen molar-refractivity contribution in [3.8, 4) is 12.3 Å². The zero-order valence-corrected chi connectivity index (χ0v) is 9.87. The Balaban J connectivity index is 2.59. The molecule has 0 fully saturated rings. The van der Waals surface area contributed by atoms with E-state index in [4.69, 9.17) is 18.0 Å². The summed E-state index contributed by atoms with van der Waals surface area (Å²) in [4.78, 5) is 11.7. The standard InChI is InChI=1S/C13H14ClNO/c1-3-7-10(2)15-13(16)12(14)11-8-5-4-6-9-11/h1,4-6,8-10,12H,7H2,2H3,(H,15,16). The van der Waals surface area contributed by atoms with Crippen LogP contribution in [0.15, 0.2) is 30.3 Å². The van der Waals surface area contributed by atoms with E-state index in [-0.39, 0.29) is 11.9 Å². The van der Waals surface area contributed by atoms with Crippen LogP contribution in [0.1, 0.15) is 24.3 Å². The Hall–Kier alpha value is -1.46. The van der Waals surface area contributed by atoms with Crippen molar-refractivity contribution in [2.75, 3.05) is 0 Å². The Labute approximate surface area is 101 Å². The first-order chi connectivity index (χ1) is 7.65. The third-order valence-corrected chi connectivity index (χ3v) is 2.59. The summed E-state index contributed by atoms with van der Waals surface area (Å²) in [5, 5.41) is 2.10. The zero-order chi connectivity index (χ0) is 12.0. The first kappa shape index (κ1) is 12.6. The van der Waals surface area contributed by atoms with Crippen molar-refractivity contribution in [1.29, 1.82) is 0 Å². The van der Waals surface area contributed by atoms with Crippen molar-refractivity contribution in [3.05, 3.63) is 35.9 Å². The number of amides is 1. The molecule has 3 heteroatoms. The fourth-order valence-corrected chi connectivity index (χ4v) is 1.53. The lowest BCUT2D eigenvalue weighted by atomic mass is 10.1. The maximum absolute atomic E-state index is 11.7. The highest BCUT2D eigenvalue weighted by Gasteiger charge is 2.18. The second-order valence-electron chi connectivity index (χ2n) is 3.59. The molecule has 0 aromatic heterocycles. The predicted octanol–water partition coefficient (Wildman–Crippen LogP) is 2.49. The lowest BCUT2D eigenvalue weighted by Gasteiger charge is -2.14. The first-order valence-electron chi connectivity index (χ1n) is 5.08. The van der Waals surface area contributed by atoms with Crippen LogP contribution in [-0.4, -0.2) is 11.9 Å². The highest BCUT2D eigenvalue weighted by molar-refractivity contribution is 6.30. The normalized spacial score (nSPS) is 13.6. The fourth-order valence-electron chi connectivity index (χ4n) is 1.32. The van der Waals surface area contributed by atoms with Gasteiger partial charge in [0.05, 0.1) is 0 Å². The summed E-state index contributed by atoms with van der Waals surface area (Å²) in [6.07, 6.45) is 5.66. The summed E-state index contributed by atoms with van der Waals surface area (Å²) >= 11 is 6.04. The Morgan fingerprint density at radius 3 is 2.69 bits per heavy atom. The van der Waals surface area contributed by atoms with E-state index in [2.05, 4.69) is 11.2 Å². The van der Waals surface area contributed by atoms with E-state index in [9.17, 15) is 4.79 Å². The van der Waals surface area contributed by atoms with Crippen LogP contribution in [0.2, 0.25) is 0 Å². The van der Waals surface area contributed by atoms with Gasteiger partial charge in [-0.3, -0.25) is 4.79 Å². The van der Waals surface area contributed by atoms with Crippen LogP contribution in [0.25, 0.3) is 0 Å². The molecule has 1 aromatic carbocycles. The lowest BCUT2D eigenvalue weighted by Crippen LogP contribution is -2.34. The number of rotatable bonds is 4. The number of carbonyl (C=O) groups excluding carboxylic acids is 1. The Kier molecular flexibility index (Phi) is 4.88. The van der Waals surface area contributed by atoms with Gasteiger partial charge in [0, 0.05) is 12.5 Å². The van der Waals surface area contributed by atoms with Crippen molar-refractivity contribution < 1.29 is 4.79 Å². The minimum Gasteiger partial charge on any atom is -0.351 e. The number of terminal acetylenes is 1. The monoisotopic (exact) mass is 235 g/mol. The largest absolute Gasteiger partial charge is 0.351 e. The predicted molar refractivity (Wildman–Crippen MR) is 66.1 cm³/mol. The number of alkyl halides is 1. The molecule has 0 saturated heterocycles. The van der Waals surface area contributed by atoms with Crippen LogP contribution >= 0.6 is 11.6 Å². The number of halogens is 1. The molecule has 1 amide bonds. The summed E-state index contributed by atoms with van der Waals surface area (Å²) in [5.41, 5.74) is 0.787. The minimum atomic E-state index is -0.665. The average molecular weight is 236 g/mol. The van der Waals surface area contributed by atoms with Gasteiger partial charge in [-0.1, -0.05) is 30.3 Å². The maximum Gasteiger partial charge on any atom is 0.242 e. The molecule has 0 saturated carbocycles. The number of hydrogen-bond donors (Lipinski definition) is 1. The minimum absolute atomic E-state index is 0.0533. The SMILES string of the molecule is C#CCC(C)NC(=O)C(Cl)c1ccccc1. The second-order valence-corrected chi connectivity index (χ2v) is 4.03. The molecule has 2 unspecified atom stereocenters. The number of hydrogen-bond acceptors (Lipinski definition) is 1. The van der Waals surface area contributed by atoms with Crippen LogP contribution in [0.3, 0.4) is 0 Å². The van der Waals surface area contributed by atoms with Gasteiger partial charge in [0.1, 0.15) is 5.38 Å². The molecule has 16 heavy (non-hydrogen) atoms. The highest BCUT2D eigenvalue weighted by Crippen LogP contribution is 2.20. The first-order valence-corrected chi connectivity index (χ1v) is 5.51. The average Bonchev–Trinajstić information content (AvgIpc) is 2.29. The van der Waals surface area contributed by atoms with E-state index in [0.717, 1.165) is 5.56 Å². The molecule has 0 aliphatic rings. The van der Waals surface area contributed by atoms with Gasteiger partial charge in [-0.15, -0.1) is 23.9 Å². The molecule has 1 aromatic rings. The van der Waals surface area contributed by atoms with Crippen molar-refractivity contribution in [2.45, 2.75) is 24.8 Å². The number of benzene rings is 1. The van der Waals surface area contributed by atoms with E-state index in [1.807, 2.05) is 37.3 Å². The molecule has 1 N–H and O–H groups in total. The Morgan fingerprint density at radius 2 is 2.12 bits per heavy atom. The van der Waals surface area contributed by atoms with Crippen LogP contribution in [0.5, 0.6) is 0 Å². The molecule has 84 valence electrons. The fraction of sp³-hybridized carbons (Fsp3) is 0.308. The summed E-state index contributed by atoms with van der Waals surface area (Å²) in [5.74, 6) is 2.28. The lowest BCUT2D eigenvalue weighted by molar-refractivity contribution is -0.121. The Bertz CT molecular complexity index is 383. The summed E-state index contributed by atoms with van der Waals surface area (Å²) in [6, 6.07) is 9.17. The van der Waals surface area contributed by atoms with E-state index < -0.39 is 5.38 Å². The molecular weight excluding hydrogens is 222 g/mol. The molecule has 0 aliphatic carbocycles. The van der Waals surface area contributed by atoms with Crippen molar-refractivity contribution in [1.82, 2.24) is 5.32 Å². The van der Waals surface area contributed by atoms with Crippen LogP contribution in [-0.2, 0) is 4.79 Å². The number of nitrogens with one attached hydrogen (secondary N) is 1. The van der Waals surface area contributed by atoms with Gasteiger partial charge in [-0.25, -0.2) is 0 Å². The van der Waals surface area contributed by atoms with Crippen molar-refractivity contribution >= 4 is 17.5 Å². The topological polar surface area (TPSA) is 29.1 Å². The zero-order valence-electron chi connectivity index (χ0n) is 9.11. The van der Waals surface area contributed by atoms with Gasteiger partial charge < -0.3 is 5.32 Å². The maximum atomic E-state index is 11.7. The smallest absolute Gasteiger partial charge is 0.242 e. The van der Waals surface area contributed by atoms with E-state index in [1.165, 1.54) is 0 Å². The van der Waals surface area contributed by atoms with Crippen LogP contribution in [0, 0.1) is 12.3 Å². The van der Waals surface area contributed by atoms with Crippen LogP contribution < -0.4 is 5.32 Å². The highest BCUT2D eigenvalue weighted by atomic mass is 35.5. The van der Waals surface area contributed by atoms with E-state index in [1.54, 1.807) is 0 Å². The molecule has 2 nitrogen and oxygen atoms in total. The summed E-state index contributed by atoms with van der Waals surface area (Å²) in [6.45, 7) is 1.85. The van der Waals surface area contributed by atoms with Crippen LogP contribution in [0.4, 0.5) is 0 Å². The molecule has 0 bridgehead atoms. The van der Waals surface area contributed by atoms with Gasteiger partial charge in [0.2, 0.25) is 5.91 Å². The molecule has 2 atom stereocenters. The van der Waals surface area contributed by atoms with Gasteiger partial charge >= 0.3 is 0 Å². The molecular formula is C13H14ClNO. The van der Waals surface area contributed by atoms with Crippen molar-refractivity contribution in [3.63, 3.8) is 0 Å². The molecule has 0 heterocycles. The molecule has 0 radical (unpaired) electrons. The second kappa shape index (κ2) is 6.19. The third-order valence-electron chi connectivity index (χ3n) is 2.14. The summed E-state index contributed by atoms with van der Waals surface area (Å²) < 4.78 is 0.